The summed E-state index contributed by atoms with van der Waals surface area (Å²) in [6.45, 7) is -1.40. The molecular formula is C86H144N26O36. The van der Waals surface area contributed by atoms with Gasteiger partial charge >= 0.3 is 48.3 Å². The van der Waals surface area contributed by atoms with E-state index in [4.69, 9.17) is 82.5 Å². The van der Waals surface area contributed by atoms with Crippen LogP contribution in [0.4, 0.5) is 19.2 Å². The number of alkyl carbamates (subject to hydrolysis) is 4. The fourth-order valence-corrected chi connectivity index (χ4v) is 15.7. The number of amides is 12. The number of ether oxygens (including phenoxy) is 8. The molecule has 0 aromatic heterocycles. The van der Waals surface area contributed by atoms with E-state index in [0.717, 1.165) is 52.0 Å². The third kappa shape index (κ3) is 46.9. The van der Waals surface area contributed by atoms with Crippen LogP contribution < -0.4 is 108 Å². The van der Waals surface area contributed by atoms with Crippen LogP contribution in [0.3, 0.4) is 0 Å². The number of nitrogens with zero attached hydrogens (tertiary/aromatic N) is 2. The van der Waals surface area contributed by atoms with Gasteiger partial charge < -0.3 is 207 Å². The van der Waals surface area contributed by atoms with Gasteiger partial charge in [-0.3, -0.25) is 69.8 Å². The maximum absolute atomic E-state index is 13.9. The Labute approximate surface area is 848 Å². The number of aliphatic hydroxyl groups is 8. The van der Waals surface area contributed by atoms with Crippen LogP contribution in [0.1, 0.15) is 130 Å². The molecule has 0 saturated carbocycles. The van der Waals surface area contributed by atoms with Crippen molar-refractivity contribution in [2.75, 3.05) is 118 Å². The second kappa shape index (κ2) is 66.6. The van der Waals surface area contributed by atoms with Crippen molar-refractivity contribution in [3.63, 3.8) is 0 Å². The van der Waals surface area contributed by atoms with E-state index in [1.807, 2.05) is 0 Å². The average Bonchev–Trinajstić information content (AvgIpc) is 0.801. The van der Waals surface area contributed by atoms with Gasteiger partial charge in [0.25, 0.3) is 0 Å². The highest BCUT2D eigenvalue weighted by Crippen LogP contribution is 2.31. The summed E-state index contributed by atoms with van der Waals surface area (Å²) in [6.07, 6.45) is -15.8. The lowest BCUT2D eigenvalue weighted by molar-refractivity contribution is -0.147. The number of guanidine groups is 4. The van der Waals surface area contributed by atoms with Gasteiger partial charge in [-0.15, -0.1) is 0 Å². The molecule has 4 rings (SSSR count). The van der Waals surface area contributed by atoms with Crippen LogP contribution in [-0.4, -0.2) is 430 Å². The molecule has 0 fully saturated rings. The quantitative estimate of drug-likeness (QED) is 0.0116. The van der Waals surface area contributed by atoms with Gasteiger partial charge in [0.05, 0.1) is 101 Å². The largest absolute Gasteiger partial charge is 0.477 e. The normalized spacial score (nSPS) is 20.8. The monoisotopic (exact) mass is 2120 g/mol. The van der Waals surface area contributed by atoms with Gasteiger partial charge in [-0.2, -0.15) is 0 Å². The van der Waals surface area contributed by atoms with Crippen LogP contribution in [0.5, 0.6) is 0 Å². The third-order valence-corrected chi connectivity index (χ3v) is 22.5. The van der Waals surface area contributed by atoms with Crippen molar-refractivity contribution in [1.82, 2.24) is 94.9 Å². The number of aliphatic hydroxyl groups excluding tert-OH is 8. The molecule has 62 nitrogen and oxygen atoms in total. The standard InChI is InChI=1S/C86H144N26O36/c1-43(117)103-63-47(107-79(87)88)31-55(75(129)130)141-71(63)67(51(121)39-113)145-83(137)99-25-17-9-5-13-21-95-59(125)35-111(36-60(126)96-22-14-6-10-18-26-100-84(138)146-68(52(122)40-114)72-64(104-44(2)118)48(108-80(89)90)32-56(142-72)76(131)132)29-30-112(37-61(127)97-23-15-7-11-19-27-101-85(139)147-69(53(123)41-115)73-65(105-45(3)119)49(109-81(91)92)33-57(143-73)77(133)134)38-62(128)98-24-16-8-12-20-28-102-86(140)148-70(54(124)42-116)74-66(106-46(4)120)50(110-82(93)94)34-58(144-74)78(135)136/h31-34,47-54,63-74,113-116,121-124H,5-30,35-42H2,1-4H3,(H,95,125)(H,96,126)(H,97,127)(H,98,128)(H,99,137)(H,100,138)(H,101,139)(H,102,140)(H,103,117)(H,104,118)(H,105,119)(H,106,120)(H,129,130)(H,131,132)(H,133,134)(H,135,136)(H4,87,88,107)(H4,89,90,108)(H4,91,92,109)(H4,93,94,110)/t47-,48-,49-,50-,51?,52?,53?,54?,63+,64+,65+,66+,67+,68+,69+,70+,71-,72+,73+,74+/m0/s1. The van der Waals surface area contributed by atoms with Gasteiger partial charge in [0.1, 0.15) is 24.4 Å². The molecule has 40 N–H and O–H groups in total. The lowest BCUT2D eigenvalue weighted by Crippen LogP contribution is -2.65. The fourth-order valence-electron chi connectivity index (χ4n) is 15.7. The van der Waals surface area contributed by atoms with Crippen LogP contribution in [0.25, 0.3) is 0 Å². The highest BCUT2D eigenvalue weighted by Gasteiger charge is 2.52. The zero-order valence-electron chi connectivity index (χ0n) is 82.3. The molecule has 20 atom stereocenters. The second-order valence-electron chi connectivity index (χ2n) is 34.6. The van der Waals surface area contributed by atoms with Crippen molar-refractivity contribution in [1.29, 1.82) is 21.6 Å². The Morgan fingerprint density at radius 2 is 0.466 bits per heavy atom. The molecule has 0 radical (unpaired) electrons. The van der Waals surface area contributed by atoms with E-state index in [9.17, 15) is 138 Å². The molecule has 4 heterocycles. The highest BCUT2D eigenvalue weighted by molar-refractivity contribution is 5.89. The maximum atomic E-state index is 13.9. The minimum Gasteiger partial charge on any atom is -0.477 e. The number of nitrogens with two attached hydrogens (primary N) is 4. The molecule has 834 valence electrons. The molecule has 4 aliphatic heterocycles. The second-order valence-corrected chi connectivity index (χ2v) is 34.6. The maximum Gasteiger partial charge on any atom is 0.407 e. The first-order chi connectivity index (χ1) is 70.1. The highest BCUT2D eigenvalue weighted by atomic mass is 16.6. The minimum absolute atomic E-state index is 0.0328. The fraction of sp³-hybridized carbons (Fsp3) is 0.674. The van der Waals surface area contributed by atoms with Gasteiger partial charge in [0, 0.05) is 93.1 Å². The number of unbranched alkanes of at least 4 members (excludes halogenated alkanes) is 12. The molecule has 0 bridgehead atoms. The van der Waals surface area contributed by atoms with Crippen LogP contribution in [0.2, 0.25) is 0 Å². The number of hydrogen-bond donors (Lipinski definition) is 36. The number of rotatable bonds is 67. The first kappa shape index (κ1) is 126. The van der Waals surface area contributed by atoms with Gasteiger partial charge in [0.15, 0.2) is 72.7 Å². The van der Waals surface area contributed by atoms with Gasteiger partial charge in [-0.05, 0) is 75.7 Å². The number of aliphatic carboxylic acids is 4. The molecule has 62 heteroatoms. The Kier molecular flexibility index (Phi) is 56.7. The smallest absolute Gasteiger partial charge is 0.407 e. The molecular weight excluding hydrogens is 1970 g/mol. The predicted octanol–water partition coefficient (Wildman–Crippen LogP) is -11.0. The zero-order chi connectivity index (χ0) is 110. The summed E-state index contributed by atoms with van der Waals surface area (Å²) >= 11 is 0. The molecule has 4 unspecified atom stereocenters. The third-order valence-electron chi connectivity index (χ3n) is 22.5. The lowest BCUT2D eigenvalue weighted by Gasteiger charge is -2.41. The Morgan fingerprint density at radius 1 is 0.297 bits per heavy atom. The van der Waals surface area contributed by atoms with Crippen molar-refractivity contribution in [3.8, 4) is 0 Å². The van der Waals surface area contributed by atoms with Crippen molar-refractivity contribution < 1.29 is 176 Å². The Hall–Kier alpha value is -14.4. The van der Waals surface area contributed by atoms with E-state index in [1.165, 1.54) is 9.80 Å². The minimum atomic E-state index is -1.90. The number of nitrogens with one attached hydrogen (secondary N) is 20. The summed E-state index contributed by atoms with van der Waals surface area (Å²) in [5.41, 5.74) is 22.1. The van der Waals surface area contributed by atoms with Crippen LogP contribution in [0, 0.1) is 21.6 Å². The van der Waals surface area contributed by atoms with E-state index in [-0.39, 0.29) is 65.4 Å². The number of carbonyl (C=O) groups excluding carboxylic acids is 12. The first-order valence-electron chi connectivity index (χ1n) is 47.5. The zero-order valence-corrected chi connectivity index (χ0v) is 82.3. The molecule has 12 amide bonds. The lowest BCUT2D eigenvalue weighted by atomic mass is 9.92. The molecule has 148 heavy (non-hydrogen) atoms. The number of carbonyl (C=O) groups is 16. The number of hydrogen-bond acceptors (Lipinski definition) is 38. The van der Waals surface area contributed by atoms with E-state index in [2.05, 4.69) is 85.1 Å². The Balaban J connectivity index is 1.50. The summed E-state index contributed by atoms with van der Waals surface area (Å²) in [6, 6.07) is -10.3. The van der Waals surface area contributed by atoms with Crippen molar-refractivity contribution >= 4 is 119 Å². The van der Waals surface area contributed by atoms with E-state index in [0.29, 0.717) is 103 Å². The molecule has 4 aliphatic rings. The van der Waals surface area contributed by atoms with Crippen molar-refractivity contribution in [2.45, 2.75) is 252 Å². The summed E-state index contributed by atoms with van der Waals surface area (Å²) < 4.78 is 44.1. The van der Waals surface area contributed by atoms with Gasteiger partial charge in [-0.25, -0.2) is 38.4 Å². The van der Waals surface area contributed by atoms with E-state index >= 15 is 0 Å². The summed E-state index contributed by atoms with van der Waals surface area (Å²) in [5, 5.41) is 195. The molecule has 0 saturated heterocycles. The SMILES string of the molecule is CC(=O)N[C@H]1[C@H]([C@H](OC(=O)NCCCCCCNC(=O)CN(CCN(CC(=O)NCCCCCCNC(=O)O[C@H](C(O)CO)[C@@H]2OC(C(=O)O)=C[C@H](NC(=N)N)[C@H]2NC(C)=O)CC(=O)NCCCCCCNC(=O)O[C@H](C(O)CO)[C@H]2OC(C(=O)O)=C[C@H](NC(=N)N)[C@H]2NC(C)=O)CC(=O)NCCCCCCNC(=O)O[C@H](C(O)CO)[C@@H]2OC(C(=O)O)=C[C@H](NC(=N)N)[C@H]2NC(C)=O)C(O)CO)OC(C(=O)O)=C[C@@H]1NC(=N)N. The summed E-state index contributed by atoms with van der Waals surface area (Å²) in [7, 11) is 0. The summed E-state index contributed by atoms with van der Waals surface area (Å²) in [4.78, 5) is 209. The van der Waals surface area contributed by atoms with Crippen molar-refractivity contribution in [3.05, 3.63) is 47.3 Å². The Morgan fingerprint density at radius 3 is 0.615 bits per heavy atom. The first-order valence-corrected chi connectivity index (χ1v) is 47.5. The van der Waals surface area contributed by atoms with Gasteiger partial charge in [-0.1, -0.05) is 51.4 Å². The van der Waals surface area contributed by atoms with Crippen LogP contribution >= 0.6 is 0 Å². The van der Waals surface area contributed by atoms with Gasteiger partial charge in [0.2, 0.25) is 70.3 Å². The molecule has 0 spiro atoms. The molecule has 0 aliphatic carbocycles. The topological polar surface area (TPSA) is 988 Å². The molecule has 0 aromatic carbocycles. The summed E-state index contributed by atoms with van der Waals surface area (Å²) in [5.74, 6) is -16.9. The number of carboxylic acids is 4. The molecule has 0 aromatic rings. The van der Waals surface area contributed by atoms with Crippen LogP contribution in [-0.2, 0) is 95.4 Å². The van der Waals surface area contributed by atoms with Crippen molar-refractivity contribution in [2.24, 2.45) is 22.9 Å². The average molecular weight is 2120 g/mol. The number of carboxylic acid groups (broad SMARTS) is 4. The van der Waals surface area contributed by atoms with Crippen LogP contribution in [0.15, 0.2) is 47.3 Å². The Bertz CT molecular complexity index is 4030. The van der Waals surface area contributed by atoms with E-state index < -0.39 is 317 Å². The predicted molar refractivity (Wildman–Crippen MR) is 512 cm³/mol. The van der Waals surface area contributed by atoms with E-state index in [1.54, 1.807) is 0 Å².